The van der Waals surface area contributed by atoms with Crippen molar-refractivity contribution in [2.24, 2.45) is 0 Å². The van der Waals surface area contributed by atoms with Crippen molar-refractivity contribution < 1.29 is 23.4 Å². The standard InChI is InChI=1S/2C5H5.C4H9ClO.Ti/c2*1-2-4-5-3-1;1-2-3-4-6-5;/h2*1-3H,4H2;2-4H2,1H3;. The summed E-state index contributed by atoms with van der Waals surface area (Å²) in [5, 5.41) is 0. The molecule has 0 aromatic heterocycles. The van der Waals surface area contributed by atoms with Gasteiger partial charge in [0.15, 0.2) is 0 Å². The summed E-state index contributed by atoms with van der Waals surface area (Å²) >= 11 is 4.96. The summed E-state index contributed by atoms with van der Waals surface area (Å²) in [5.74, 6) is 0. The van der Waals surface area contributed by atoms with E-state index >= 15 is 0 Å². The number of unbranched alkanes of at least 4 members (excludes halogenated alkanes) is 1. The second-order valence-electron chi connectivity index (χ2n) is 3.94. The summed E-state index contributed by atoms with van der Waals surface area (Å²) in [4.78, 5) is 0. The first-order valence-corrected chi connectivity index (χ1v) is 7.95. The maximum absolute atomic E-state index is 4.88. The molecule has 17 heavy (non-hydrogen) atoms. The topological polar surface area (TPSA) is 9.23 Å². The van der Waals surface area contributed by atoms with Gasteiger partial charge in [0.05, 0.1) is 18.5 Å². The van der Waals surface area contributed by atoms with Gasteiger partial charge >= 0.3 is 76.2 Å². The molecule has 0 saturated heterocycles. The Morgan fingerprint density at radius 2 is 1.76 bits per heavy atom. The molecule has 0 fully saturated rings. The van der Waals surface area contributed by atoms with Gasteiger partial charge < -0.3 is 0 Å². The van der Waals surface area contributed by atoms with Crippen molar-refractivity contribution in [1.82, 2.24) is 0 Å². The number of halogens is 1. The Morgan fingerprint density at radius 3 is 2.06 bits per heavy atom. The molecule has 0 radical (unpaired) electrons. The van der Waals surface area contributed by atoms with Crippen LogP contribution in [0.25, 0.3) is 0 Å². The predicted molar refractivity (Wildman–Crippen MR) is 70.4 cm³/mol. The fourth-order valence-electron chi connectivity index (χ4n) is 1.49. The van der Waals surface area contributed by atoms with Crippen LogP contribution in [0.15, 0.2) is 44.2 Å². The van der Waals surface area contributed by atoms with Crippen LogP contribution in [0.3, 0.4) is 0 Å². The Hall–Kier alpha value is -0.0757. The monoisotopic (exact) mass is 286 g/mol. The summed E-state index contributed by atoms with van der Waals surface area (Å²) in [7, 11) is 0. The van der Waals surface area contributed by atoms with Crippen LogP contribution in [0, 0.1) is 0 Å². The molecule has 2 rings (SSSR count). The molecule has 0 saturated carbocycles. The Kier molecular flexibility index (Phi) is 8.73. The third-order valence-corrected chi connectivity index (χ3v) is 4.75. The third-order valence-electron chi connectivity index (χ3n) is 2.44. The van der Waals surface area contributed by atoms with E-state index in [-0.39, 0.29) is 19.2 Å². The van der Waals surface area contributed by atoms with Crippen LogP contribution < -0.4 is 0 Å². The molecule has 2 aliphatic carbocycles. The summed E-state index contributed by atoms with van der Waals surface area (Å²) in [6, 6.07) is 0. The van der Waals surface area contributed by atoms with Crippen molar-refractivity contribution in [3.05, 3.63) is 44.2 Å². The van der Waals surface area contributed by atoms with E-state index in [9.17, 15) is 0 Å². The fourth-order valence-corrected chi connectivity index (χ4v) is 3.49. The molecule has 0 heterocycles. The molecular weight excluding hydrogens is 267 g/mol. The molecule has 0 aromatic carbocycles. The molecule has 0 N–H and O–H groups in total. The zero-order chi connectivity index (χ0) is 12.3. The molecule has 0 aromatic rings. The van der Waals surface area contributed by atoms with E-state index in [2.05, 4.69) is 47.7 Å². The average molecular weight is 287 g/mol. The molecule has 0 unspecified atom stereocenters. The van der Waals surface area contributed by atoms with E-state index in [4.69, 9.17) is 11.9 Å². The molecule has 0 atom stereocenters. The SMILES string of the molecule is C1=CC[C]([Ti][C]2=CC=CC2)=C1.CCCCOCl. The van der Waals surface area contributed by atoms with Crippen LogP contribution in [-0.2, 0) is 23.4 Å². The maximum atomic E-state index is 4.88. The number of allylic oxidation sites excluding steroid dienone is 8. The van der Waals surface area contributed by atoms with Crippen molar-refractivity contribution in [2.45, 2.75) is 32.6 Å². The zero-order valence-corrected chi connectivity index (χ0v) is 12.6. The van der Waals surface area contributed by atoms with Crippen molar-refractivity contribution >= 4 is 11.9 Å². The minimum Gasteiger partial charge on any atom is -0.279 e. The molecule has 0 amide bonds. The van der Waals surface area contributed by atoms with Gasteiger partial charge in [-0.15, -0.1) is 0 Å². The molecule has 0 aliphatic heterocycles. The Labute approximate surface area is 118 Å². The molecule has 0 bridgehead atoms. The number of hydrogen-bond donors (Lipinski definition) is 0. The Balaban J connectivity index is 0.000000209. The van der Waals surface area contributed by atoms with E-state index in [1.54, 1.807) is 7.76 Å². The van der Waals surface area contributed by atoms with Gasteiger partial charge in [0.25, 0.3) is 0 Å². The van der Waals surface area contributed by atoms with Gasteiger partial charge in [0.1, 0.15) is 0 Å². The first-order chi connectivity index (χ1) is 8.36. The van der Waals surface area contributed by atoms with Gasteiger partial charge in [-0.1, -0.05) is 13.3 Å². The Bertz CT molecular complexity index is 297. The largest absolute Gasteiger partial charge is 0.279 e. The van der Waals surface area contributed by atoms with Gasteiger partial charge in [-0.3, -0.25) is 4.29 Å². The van der Waals surface area contributed by atoms with Gasteiger partial charge in [-0.2, -0.15) is 0 Å². The second-order valence-corrected chi connectivity index (χ2v) is 6.55. The first-order valence-electron chi connectivity index (χ1n) is 6.08. The molecule has 2 aliphatic rings. The molecule has 92 valence electrons. The summed E-state index contributed by atoms with van der Waals surface area (Å²) in [6.07, 6.45) is 18.1. The van der Waals surface area contributed by atoms with E-state index in [0.29, 0.717) is 6.61 Å². The fraction of sp³-hybridized carbons (Fsp3) is 0.429. The number of hydrogen-bond acceptors (Lipinski definition) is 1. The van der Waals surface area contributed by atoms with Crippen molar-refractivity contribution in [3.8, 4) is 0 Å². The van der Waals surface area contributed by atoms with E-state index in [1.807, 2.05) is 0 Å². The van der Waals surface area contributed by atoms with E-state index < -0.39 is 0 Å². The molecule has 0 spiro atoms. The normalized spacial score (nSPS) is 16.4. The number of rotatable bonds is 5. The van der Waals surface area contributed by atoms with Gasteiger partial charge in [-0.05, 0) is 6.42 Å². The average Bonchev–Trinajstić information content (AvgIpc) is 3.01. The second kappa shape index (κ2) is 9.90. The molecule has 1 nitrogen and oxygen atoms in total. The van der Waals surface area contributed by atoms with Crippen LogP contribution in [0.5, 0.6) is 0 Å². The van der Waals surface area contributed by atoms with Crippen molar-refractivity contribution in [3.63, 3.8) is 0 Å². The van der Waals surface area contributed by atoms with Gasteiger partial charge in [-0.25, -0.2) is 0 Å². The summed E-state index contributed by atoms with van der Waals surface area (Å²) in [6.45, 7) is 2.77. The quantitative estimate of drug-likeness (QED) is 0.525. The summed E-state index contributed by atoms with van der Waals surface area (Å²) in [5.41, 5.74) is 0. The van der Waals surface area contributed by atoms with Gasteiger partial charge in [0.2, 0.25) is 0 Å². The zero-order valence-electron chi connectivity index (χ0n) is 10.3. The Morgan fingerprint density at radius 1 is 1.18 bits per heavy atom. The van der Waals surface area contributed by atoms with E-state index in [0.717, 1.165) is 12.8 Å². The smallest absolute Gasteiger partial charge is 0.0682 e. The van der Waals surface area contributed by atoms with Crippen LogP contribution in [0.4, 0.5) is 0 Å². The summed E-state index contributed by atoms with van der Waals surface area (Å²) < 4.78 is 7.62. The first kappa shape index (κ1) is 15.0. The van der Waals surface area contributed by atoms with Crippen LogP contribution in [0.1, 0.15) is 32.6 Å². The van der Waals surface area contributed by atoms with Crippen molar-refractivity contribution in [2.75, 3.05) is 6.61 Å². The minimum atomic E-state index is 0.0833. The van der Waals surface area contributed by atoms with Crippen LogP contribution in [-0.4, -0.2) is 6.61 Å². The van der Waals surface area contributed by atoms with Gasteiger partial charge in [0, 0.05) is 0 Å². The van der Waals surface area contributed by atoms with Crippen molar-refractivity contribution in [1.29, 1.82) is 0 Å². The van der Waals surface area contributed by atoms with E-state index in [1.165, 1.54) is 12.8 Å². The molecule has 3 heteroatoms. The maximum Gasteiger partial charge on any atom is 0.0682 e. The van der Waals surface area contributed by atoms with Crippen LogP contribution in [0.2, 0.25) is 0 Å². The third kappa shape index (κ3) is 7.05. The molecular formula is C14H19ClOTi. The predicted octanol–water partition coefficient (Wildman–Crippen LogP) is 4.71. The minimum absolute atomic E-state index is 0.0833. The van der Waals surface area contributed by atoms with Crippen LogP contribution >= 0.6 is 11.9 Å².